The molecule has 0 aliphatic carbocycles. The van der Waals surface area contributed by atoms with Gasteiger partial charge in [-0.15, -0.1) is 10.2 Å². The Morgan fingerprint density at radius 2 is 2.35 bits per heavy atom. The predicted octanol–water partition coefficient (Wildman–Crippen LogP) is 1.55. The van der Waals surface area contributed by atoms with Crippen molar-refractivity contribution in [2.45, 2.75) is 6.54 Å². The van der Waals surface area contributed by atoms with E-state index in [4.69, 9.17) is 11.6 Å². The average Bonchev–Trinajstić information content (AvgIpc) is 2.78. The lowest BCUT2D eigenvalue weighted by Crippen LogP contribution is -2.23. The number of carbonyl (C=O) groups is 1. The van der Waals surface area contributed by atoms with Crippen molar-refractivity contribution in [1.29, 1.82) is 0 Å². The van der Waals surface area contributed by atoms with Crippen molar-refractivity contribution in [3.05, 3.63) is 39.1 Å². The number of aromatic nitrogens is 4. The van der Waals surface area contributed by atoms with E-state index < -0.39 is 0 Å². The average molecular weight is 317 g/mol. The smallest absolute Gasteiger partial charge is 0.252 e. The molecule has 0 spiro atoms. The Bertz CT molecular complexity index is 530. The van der Waals surface area contributed by atoms with E-state index in [1.54, 1.807) is 18.2 Å². The van der Waals surface area contributed by atoms with E-state index in [0.717, 1.165) is 0 Å². The molecule has 2 rings (SSSR count). The van der Waals surface area contributed by atoms with Crippen LogP contribution in [0, 0.1) is 0 Å². The van der Waals surface area contributed by atoms with Gasteiger partial charge in [-0.2, -0.15) is 5.21 Å². The van der Waals surface area contributed by atoms with Gasteiger partial charge in [0.2, 0.25) is 0 Å². The molecule has 0 unspecified atom stereocenters. The van der Waals surface area contributed by atoms with Gasteiger partial charge < -0.3 is 5.32 Å². The van der Waals surface area contributed by atoms with Gasteiger partial charge in [-0.3, -0.25) is 4.79 Å². The molecule has 0 bridgehead atoms. The summed E-state index contributed by atoms with van der Waals surface area (Å²) in [5.41, 5.74) is 0.498. The van der Waals surface area contributed by atoms with Gasteiger partial charge in [0.1, 0.15) is 0 Å². The third-order valence-corrected chi connectivity index (χ3v) is 2.86. The quantitative estimate of drug-likeness (QED) is 0.900. The van der Waals surface area contributed by atoms with Crippen LogP contribution in [0.1, 0.15) is 16.2 Å². The highest BCUT2D eigenvalue weighted by Gasteiger charge is 2.10. The number of rotatable bonds is 3. The second kappa shape index (κ2) is 5.24. The van der Waals surface area contributed by atoms with Gasteiger partial charge in [0.15, 0.2) is 5.82 Å². The van der Waals surface area contributed by atoms with Gasteiger partial charge in [0, 0.05) is 9.50 Å². The van der Waals surface area contributed by atoms with E-state index in [1.807, 2.05) is 0 Å². The van der Waals surface area contributed by atoms with Crippen molar-refractivity contribution < 1.29 is 4.79 Å². The Labute approximate surface area is 110 Å². The summed E-state index contributed by atoms with van der Waals surface area (Å²) in [6, 6.07) is 4.94. The Morgan fingerprint density at radius 3 is 3.00 bits per heavy atom. The van der Waals surface area contributed by atoms with Crippen LogP contribution in [0.4, 0.5) is 0 Å². The molecule has 2 N–H and O–H groups in total. The van der Waals surface area contributed by atoms with Crippen molar-refractivity contribution in [2.75, 3.05) is 0 Å². The monoisotopic (exact) mass is 315 g/mol. The van der Waals surface area contributed by atoms with Crippen LogP contribution >= 0.6 is 27.5 Å². The van der Waals surface area contributed by atoms with Crippen LogP contribution in [0.15, 0.2) is 22.7 Å². The zero-order chi connectivity index (χ0) is 12.3. The molecule has 1 heterocycles. The first-order valence-corrected chi connectivity index (χ1v) is 5.79. The lowest BCUT2D eigenvalue weighted by atomic mass is 10.2. The first-order valence-electron chi connectivity index (χ1n) is 4.62. The van der Waals surface area contributed by atoms with Crippen LogP contribution in [0.3, 0.4) is 0 Å². The van der Waals surface area contributed by atoms with E-state index >= 15 is 0 Å². The van der Waals surface area contributed by atoms with Crippen LogP contribution in [0.2, 0.25) is 5.02 Å². The third kappa shape index (κ3) is 3.01. The summed E-state index contributed by atoms with van der Waals surface area (Å²) in [7, 11) is 0. The maximum absolute atomic E-state index is 11.8. The Hall–Kier alpha value is -1.47. The Morgan fingerprint density at radius 1 is 1.53 bits per heavy atom. The number of carbonyl (C=O) groups excluding carboxylic acids is 1. The lowest BCUT2D eigenvalue weighted by molar-refractivity contribution is 0.0949. The number of nitrogens with zero attached hydrogens (tertiary/aromatic N) is 3. The topological polar surface area (TPSA) is 83.6 Å². The van der Waals surface area contributed by atoms with E-state index in [2.05, 4.69) is 41.9 Å². The fourth-order valence-corrected chi connectivity index (χ4v) is 2.05. The zero-order valence-corrected chi connectivity index (χ0v) is 10.8. The van der Waals surface area contributed by atoms with Crippen molar-refractivity contribution in [2.24, 2.45) is 0 Å². The van der Waals surface area contributed by atoms with Crippen LogP contribution in [0.5, 0.6) is 0 Å². The maximum Gasteiger partial charge on any atom is 0.252 e. The fraction of sp³-hybridized carbons (Fsp3) is 0.111. The minimum Gasteiger partial charge on any atom is -0.345 e. The van der Waals surface area contributed by atoms with E-state index in [9.17, 15) is 4.79 Å². The Balaban J connectivity index is 2.04. The predicted molar refractivity (Wildman–Crippen MR) is 64.5 cm³/mol. The second-order valence-corrected chi connectivity index (χ2v) is 4.43. The van der Waals surface area contributed by atoms with Crippen molar-refractivity contribution >= 4 is 33.4 Å². The van der Waals surface area contributed by atoms with Crippen molar-refractivity contribution in [1.82, 2.24) is 25.9 Å². The Kier molecular flexibility index (Phi) is 3.70. The van der Waals surface area contributed by atoms with Crippen LogP contribution in [-0.4, -0.2) is 26.5 Å². The first kappa shape index (κ1) is 12.0. The first-order chi connectivity index (χ1) is 8.16. The maximum atomic E-state index is 11.8. The molecule has 1 amide bonds. The molecular weight excluding hydrogens is 309 g/mol. The number of halogens is 2. The molecule has 17 heavy (non-hydrogen) atoms. The van der Waals surface area contributed by atoms with E-state index in [0.29, 0.717) is 20.9 Å². The van der Waals surface area contributed by atoms with Gasteiger partial charge in [0.05, 0.1) is 12.1 Å². The molecular formula is C9H7BrClN5O. The molecule has 1 aromatic heterocycles. The normalized spacial score (nSPS) is 10.2. The molecule has 8 heteroatoms. The third-order valence-electron chi connectivity index (χ3n) is 1.97. The summed E-state index contributed by atoms with van der Waals surface area (Å²) in [6.45, 7) is 0.213. The molecule has 0 radical (unpaired) electrons. The molecule has 6 nitrogen and oxygen atoms in total. The standard InChI is InChI=1S/C9H7BrClN5O/c10-7-3-5(11)1-2-6(7)9(17)12-4-8-13-15-16-14-8/h1-3H,4H2,(H,12,17)(H,13,14,15,16). The minimum atomic E-state index is -0.238. The van der Waals surface area contributed by atoms with Crippen molar-refractivity contribution in [3.63, 3.8) is 0 Å². The molecule has 88 valence electrons. The van der Waals surface area contributed by atoms with Gasteiger partial charge in [-0.25, -0.2) is 0 Å². The van der Waals surface area contributed by atoms with E-state index in [1.165, 1.54) is 0 Å². The molecule has 0 saturated carbocycles. The highest BCUT2D eigenvalue weighted by Crippen LogP contribution is 2.21. The molecule has 1 aromatic carbocycles. The molecule has 0 saturated heterocycles. The second-order valence-electron chi connectivity index (χ2n) is 3.13. The summed E-state index contributed by atoms with van der Waals surface area (Å²) in [6.07, 6.45) is 0. The molecule has 2 aromatic rings. The number of benzene rings is 1. The van der Waals surface area contributed by atoms with E-state index in [-0.39, 0.29) is 12.5 Å². The molecule has 0 atom stereocenters. The summed E-state index contributed by atoms with van der Waals surface area (Å²) in [5, 5.41) is 16.4. The molecule has 0 aliphatic heterocycles. The number of hydrogen-bond acceptors (Lipinski definition) is 4. The lowest BCUT2D eigenvalue weighted by Gasteiger charge is -2.05. The highest BCUT2D eigenvalue weighted by atomic mass is 79.9. The summed E-state index contributed by atoms with van der Waals surface area (Å²) in [4.78, 5) is 11.8. The number of amides is 1. The van der Waals surface area contributed by atoms with Gasteiger partial charge in [-0.1, -0.05) is 16.8 Å². The number of nitrogens with one attached hydrogen (secondary N) is 2. The summed E-state index contributed by atoms with van der Waals surface area (Å²) >= 11 is 9.06. The molecule has 0 fully saturated rings. The molecule has 0 aliphatic rings. The number of H-pyrrole nitrogens is 1. The summed E-state index contributed by atoms with van der Waals surface area (Å²) < 4.78 is 0.635. The minimum absolute atomic E-state index is 0.213. The highest BCUT2D eigenvalue weighted by molar-refractivity contribution is 9.10. The summed E-state index contributed by atoms with van der Waals surface area (Å²) in [5.74, 6) is 0.182. The van der Waals surface area contributed by atoms with Crippen LogP contribution < -0.4 is 5.32 Å². The van der Waals surface area contributed by atoms with Crippen molar-refractivity contribution in [3.8, 4) is 0 Å². The number of aromatic amines is 1. The number of tetrazole rings is 1. The van der Waals surface area contributed by atoms with Gasteiger partial charge in [-0.05, 0) is 34.1 Å². The zero-order valence-electron chi connectivity index (χ0n) is 8.44. The largest absolute Gasteiger partial charge is 0.345 e. The van der Waals surface area contributed by atoms with Gasteiger partial charge >= 0.3 is 0 Å². The van der Waals surface area contributed by atoms with Gasteiger partial charge in [0.25, 0.3) is 5.91 Å². The fourth-order valence-electron chi connectivity index (χ4n) is 1.19. The van der Waals surface area contributed by atoms with Crippen LogP contribution in [0.25, 0.3) is 0 Å². The SMILES string of the molecule is O=C(NCc1nn[nH]n1)c1ccc(Cl)cc1Br. The van der Waals surface area contributed by atoms with Crippen LogP contribution in [-0.2, 0) is 6.54 Å². The number of hydrogen-bond donors (Lipinski definition) is 2.